The van der Waals surface area contributed by atoms with Crippen LogP contribution < -0.4 is 5.32 Å². The summed E-state index contributed by atoms with van der Waals surface area (Å²) in [4.78, 5) is 5.36. The molecule has 0 aliphatic carbocycles. The summed E-state index contributed by atoms with van der Waals surface area (Å²) in [5.74, 6) is 1.17. The number of hydrogen-bond donors (Lipinski definition) is 1. The first kappa shape index (κ1) is 10.9. The molecule has 1 fully saturated rings. The molecule has 2 nitrogen and oxygen atoms in total. The Morgan fingerprint density at radius 3 is 3.00 bits per heavy atom. The lowest BCUT2D eigenvalue weighted by atomic mass is 9.98. The van der Waals surface area contributed by atoms with Crippen LogP contribution in [0, 0.1) is 0 Å². The molecular formula is C11H14N2S2. The molecule has 1 aliphatic rings. The van der Waals surface area contributed by atoms with E-state index < -0.39 is 0 Å². The normalized spacial score (nSPS) is 25.1. The van der Waals surface area contributed by atoms with Crippen LogP contribution in [0.5, 0.6) is 0 Å². The highest BCUT2D eigenvalue weighted by atomic mass is 32.2. The van der Waals surface area contributed by atoms with Gasteiger partial charge in [0.25, 0.3) is 0 Å². The van der Waals surface area contributed by atoms with Crippen LogP contribution in [-0.4, -0.2) is 22.8 Å². The standard InChI is InChI=1S/C11H14N2S2/c1-12-10(14)11(6-4-8-15-11)9-5-2-3-7-13-9/h2-3,5,7H,4,6,8H2,1H3,(H,12,14)/t11-/m0/s1. The summed E-state index contributed by atoms with van der Waals surface area (Å²) >= 11 is 7.35. The van der Waals surface area contributed by atoms with Gasteiger partial charge in [-0.3, -0.25) is 4.98 Å². The molecule has 0 aromatic carbocycles. The van der Waals surface area contributed by atoms with E-state index in [-0.39, 0.29) is 4.75 Å². The SMILES string of the molecule is CNC(=S)[C@@]1(c2ccccn2)CCCS1. The number of pyridine rings is 1. The number of likely N-dealkylation sites (N-methyl/N-ethyl adjacent to an activating group) is 1. The highest BCUT2D eigenvalue weighted by molar-refractivity contribution is 8.02. The molecule has 1 aromatic rings. The van der Waals surface area contributed by atoms with Crippen molar-refractivity contribution in [2.24, 2.45) is 0 Å². The molecule has 2 heterocycles. The summed E-state index contributed by atoms with van der Waals surface area (Å²) in [6.45, 7) is 0. The minimum absolute atomic E-state index is 0.0780. The zero-order valence-corrected chi connectivity index (χ0v) is 10.3. The Kier molecular flexibility index (Phi) is 3.26. The van der Waals surface area contributed by atoms with Gasteiger partial charge in [0.05, 0.1) is 10.7 Å². The molecule has 1 aromatic heterocycles. The number of nitrogens with one attached hydrogen (secondary N) is 1. The second-order valence-electron chi connectivity index (χ2n) is 3.57. The third-order valence-electron chi connectivity index (χ3n) is 2.69. The van der Waals surface area contributed by atoms with Gasteiger partial charge in [-0.2, -0.15) is 0 Å². The van der Waals surface area contributed by atoms with E-state index in [2.05, 4.69) is 16.4 Å². The molecule has 1 saturated heterocycles. The van der Waals surface area contributed by atoms with Gasteiger partial charge in [0.15, 0.2) is 0 Å². The predicted octanol–water partition coefficient (Wildman–Crippen LogP) is 2.35. The Morgan fingerprint density at radius 2 is 2.47 bits per heavy atom. The highest BCUT2D eigenvalue weighted by Gasteiger charge is 2.41. The van der Waals surface area contributed by atoms with Gasteiger partial charge < -0.3 is 5.32 Å². The van der Waals surface area contributed by atoms with Gasteiger partial charge in [0, 0.05) is 13.2 Å². The quantitative estimate of drug-likeness (QED) is 0.800. The third-order valence-corrected chi connectivity index (χ3v) is 4.98. The number of hydrogen-bond acceptors (Lipinski definition) is 3. The maximum Gasteiger partial charge on any atom is 0.108 e. The molecule has 15 heavy (non-hydrogen) atoms. The van der Waals surface area contributed by atoms with E-state index in [1.807, 2.05) is 37.1 Å². The Bertz CT molecular complexity index is 345. The Hall–Kier alpha value is -0.610. The zero-order chi connectivity index (χ0) is 10.7. The van der Waals surface area contributed by atoms with E-state index in [0.29, 0.717) is 0 Å². The number of rotatable bonds is 2. The Labute approximate surface area is 99.9 Å². The van der Waals surface area contributed by atoms with Crippen LogP contribution >= 0.6 is 24.0 Å². The monoisotopic (exact) mass is 238 g/mol. The third kappa shape index (κ3) is 1.88. The summed E-state index contributed by atoms with van der Waals surface area (Å²) in [6.07, 6.45) is 4.14. The first-order valence-electron chi connectivity index (χ1n) is 5.07. The maximum atomic E-state index is 5.44. The molecule has 80 valence electrons. The van der Waals surface area contributed by atoms with E-state index in [4.69, 9.17) is 12.2 Å². The molecule has 1 atom stereocenters. The van der Waals surface area contributed by atoms with Crippen LogP contribution in [0.2, 0.25) is 0 Å². The predicted molar refractivity (Wildman–Crippen MR) is 69.3 cm³/mol. The summed E-state index contributed by atoms with van der Waals surface area (Å²) in [5.41, 5.74) is 1.09. The summed E-state index contributed by atoms with van der Waals surface area (Å²) in [6, 6.07) is 6.04. The molecule has 1 N–H and O–H groups in total. The lowest BCUT2D eigenvalue weighted by Gasteiger charge is -2.28. The lowest BCUT2D eigenvalue weighted by molar-refractivity contribution is 0.711. The largest absolute Gasteiger partial charge is 0.381 e. The van der Waals surface area contributed by atoms with E-state index >= 15 is 0 Å². The molecule has 0 amide bonds. The van der Waals surface area contributed by atoms with Crippen molar-refractivity contribution in [1.82, 2.24) is 10.3 Å². The van der Waals surface area contributed by atoms with Crippen molar-refractivity contribution in [1.29, 1.82) is 0 Å². The fraction of sp³-hybridized carbons (Fsp3) is 0.455. The highest BCUT2D eigenvalue weighted by Crippen LogP contribution is 2.46. The summed E-state index contributed by atoms with van der Waals surface area (Å²) in [7, 11) is 1.89. The first-order chi connectivity index (χ1) is 7.29. The maximum absolute atomic E-state index is 5.44. The van der Waals surface area contributed by atoms with Gasteiger partial charge in [-0.25, -0.2) is 0 Å². The smallest absolute Gasteiger partial charge is 0.108 e. The minimum atomic E-state index is -0.0780. The van der Waals surface area contributed by atoms with Gasteiger partial charge in [-0.05, 0) is 30.7 Å². The topological polar surface area (TPSA) is 24.9 Å². The second kappa shape index (κ2) is 4.49. The van der Waals surface area contributed by atoms with Crippen LogP contribution in [0.4, 0.5) is 0 Å². The molecular weight excluding hydrogens is 224 g/mol. The number of thioether (sulfide) groups is 1. The van der Waals surface area contributed by atoms with Crippen LogP contribution in [0.15, 0.2) is 24.4 Å². The van der Waals surface area contributed by atoms with Gasteiger partial charge >= 0.3 is 0 Å². The molecule has 0 spiro atoms. The molecule has 0 unspecified atom stereocenters. The second-order valence-corrected chi connectivity index (χ2v) is 5.38. The molecule has 0 radical (unpaired) electrons. The van der Waals surface area contributed by atoms with Crippen LogP contribution in [0.3, 0.4) is 0 Å². The average molecular weight is 238 g/mol. The lowest BCUT2D eigenvalue weighted by Crippen LogP contribution is -2.37. The molecule has 0 bridgehead atoms. The van der Waals surface area contributed by atoms with Crippen molar-refractivity contribution in [3.05, 3.63) is 30.1 Å². The number of aromatic nitrogens is 1. The van der Waals surface area contributed by atoms with Crippen LogP contribution in [0.1, 0.15) is 18.5 Å². The fourth-order valence-electron chi connectivity index (χ4n) is 1.94. The summed E-state index contributed by atoms with van der Waals surface area (Å²) < 4.78 is -0.0780. The van der Waals surface area contributed by atoms with E-state index in [1.54, 1.807) is 0 Å². The molecule has 2 rings (SSSR count). The Balaban J connectivity index is 2.39. The van der Waals surface area contributed by atoms with Gasteiger partial charge in [0.2, 0.25) is 0 Å². The van der Waals surface area contributed by atoms with Gasteiger partial charge in [0.1, 0.15) is 4.75 Å². The van der Waals surface area contributed by atoms with Crippen molar-refractivity contribution in [3.8, 4) is 0 Å². The van der Waals surface area contributed by atoms with Crippen molar-refractivity contribution < 1.29 is 0 Å². The average Bonchev–Trinajstić information content (AvgIpc) is 2.79. The number of nitrogens with zero attached hydrogens (tertiary/aromatic N) is 1. The number of thiocarbonyl (C=S) groups is 1. The van der Waals surface area contributed by atoms with E-state index in [1.165, 1.54) is 12.2 Å². The zero-order valence-electron chi connectivity index (χ0n) is 8.69. The molecule has 0 saturated carbocycles. The molecule has 1 aliphatic heterocycles. The van der Waals surface area contributed by atoms with Crippen LogP contribution in [-0.2, 0) is 4.75 Å². The summed E-state index contributed by atoms with van der Waals surface area (Å²) in [5, 5.41) is 3.12. The first-order valence-corrected chi connectivity index (χ1v) is 6.46. The Morgan fingerprint density at radius 1 is 1.60 bits per heavy atom. The molecule has 4 heteroatoms. The van der Waals surface area contributed by atoms with E-state index in [0.717, 1.165) is 17.1 Å². The van der Waals surface area contributed by atoms with Gasteiger partial charge in [-0.15, -0.1) is 11.8 Å². The van der Waals surface area contributed by atoms with Crippen LogP contribution in [0.25, 0.3) is 0 Å². The van der Waals surface area contributed by atoms with Crippen molar-refractivity contribution in [2.75, 3.05) is 12.8 Å². The van der Waals surface area contributed by atoms with Crippen molar-refractivity contribution in [3.63, 3.8) is 0 Å². The van der Waals surface area contributed by atoms with E-state index in [9.17, 15) is 0 Å². The van der Waals surface area contributed by atoms with Gasteiger partial charge in [-0.1, -0.05) is 18.3 Å². The fourth-order valence-corrected chi connectivity index (χ4v) is 3.75. The minimum Gasteiger partial charge on any atom is -0.381 e. The van der Waals surface area contributed by atoms with Crippen molar-refractivity contribution >= 4 is 29.0 Å². The van der Waals surface area contributed by atoms with Crippen molar-refractivity contribution in [2.45, 2.75) is 17.6 Å².